The summed E-state index contributed by atoms with van der Waals surface area (Å²) in [5.74, 6) is 0.632. The molecule has 0 N–H and O–H groups in total. The van der Waals surface area contributed by atoms with Gasteiger partial charge in [-0.2, -0.15) is 0 Å². The predicted octanol–water partition coefficient (Wildman–Crippen LogP) is 3.88. The lowest BCUT2D eigenvalue weighted by Crippen LogP contribution is -2.34. The third kappa shape index (κ3) is 3.84. The molecule has 0 atom stereocenters. The molecule has 4 heteroatoms. The molecule has 0 radical (unpaired) electrons. The molecule has 2 aromatic carbocycles. The summed E-state index contributed by atoms with van der Waals surface area (Å²) in [7, 11) is 0. The van der Waals surface area contributed by atoms with Gasteiger partial charge in [-0.05, 0) is 43.3 Å². The molecule has 0 aromatic heterocycles. The Balaban J connectivity index is 1.98. The van der Waals surface area contributed by atoms with Crippen LogP contribution in [0, 0.1) is 0 Å². The van der Waals surface area contributed by atoms with Gasteiger partial charge in [0.25, 0.3) is 5.91 Å². The van der Waals surface area contributed by atoms with E-state index in [4.69, 9.17) is 4.74 Å². The smallest absolute Gasteiger partial charge is 0.264 e. The van der Waals surface area contributed by atoms with Gasteiger partial charge < -0.3 is 9.64 Å². The number of hydrogen-bond donors (Lipinski definition) is 0. The van der Waals surface area contributed by atoms with E-state index in [-0.39, 0.29) is 12.5 Å². The molecular formula is C16H16BrNO2. The molecule has 0 bridgehead atoms. The van der Waals surface area contributed by atoms with Crippen LogP contribution in [0.4, 0.5) is 5.69 Å². The Labute approximate surface area is 127 Å². The van der Waals surface area contributed by atoms with Gasteiger partial charge in [-0.15, -0.1) is 0 Å². The van der Waals surface area contributed by atoms with Gasteiger partial charge in [-0.25, -0.2) is 0 Å². The number of benzene rings is 2. The molecule has 2 rings (SSSR count). The third-order valence-corrected chi connectivity index (χ3v) is 3.39. The number of carbonyl (C=O) groups excluding carboxylic acids is 1. The molecule has 0 fully saturated rings. The van der Waals surface area contributed by atoms with Gasteiger partial charge in [0.15, 0.2) is 6.61 Å². The number of likely N-dealkylation sites (N-methyl/N-ethyl adjacent to an activating group) is 1. The maximum Gasteiger partial charge on any atom is 0.264 e. The number of carbonyl (C=O) groups is 1. The van der Waals surface area contributed by atoms with Crippen molar-refractivity contribution >= 4 is 27.5 Å². The first-order valence-electron chi connectivity index (χ1n) is 6.44. The lowest BCUT2D eigenvalue weighted by atomic mass is 10.3. The van der Waals surface area contributed by atoms with Crippen molar-refractivity contribution in [3.05, 3.63) is 59.1 Å². The zero-order valence-corrected chi connectivity index (χ0v) is 12.8. The molecule has 0 saturated heterocycles. The van der Waals surface area contributed by atoms with E-state index in [0.717, 1.165) is 10.2 Å². The molecule has 20 heavy (non-hydrogen) atoms. The quantitative estimate of drug-likeness (QED) is 0.830. The highest BCUT2D eigenvalue weighted by molar-refractivity contribution is 9.10. The normalized spacial score (nSPS) is 10.1. The van der Waals surface area contributed by atoms with Crippen LogP contribution in [0.5, 0.6) is 5.75 Å². The average molecular weight is 334 g/mol. The van der Waals surface area contributed by atoms with Crippen LogP contribution in [-0.2, 0) is 4.79 Å². The fourth-order valence-electron chi connectivity index (χ4n) is 1.86. The molecular weight excluding hydrogens is 318 g/mol. The molecule has 2 aromatic rings. The van der Waals surface area contributed by atoms with Crippen LogP contribution in [0.15, 0.2) is 59.1 Å². The van der Waals surface area contributed by atoms with Crippen molar-refractivity contribution < 1.29 is 9.53 Å². The molecule has 0 aliphatic carbocycles. The molecule has 0 spiro atoms. The summed E-state index contributed by atoms with van der Waals surface area (Å²) in [5.41, 5.74) is 0.888. The molecule has 0 saturated carbocycles. The fourth-order valence-corrected chi connectivity index (χ4v) is 2.13. The summed E-state index contributed by atoms with van der Waals surface area (Å²) in [6.07, 6.45) is 0. The summed E-state index contributed by atoms with van der Waals surface area (Å²) in [4.78, 5) is 13.9. The molecule has 3 nitrogen and oxygen atoms in total. The number of rotatable bonds is 5. The van der Waals surface area contributed by atoms with E-state index in [1.54, 1.807) is 4.90 Å². The Kier molecular flexibility index (Phi) is 5.18. The van der Waals surface area contributed by atoms with E-state index < -0.39 is 0 Å². The summed E-state index contributed by atoms with van der Waals surface area (Å²) in [6, 6.07) is 17.0. The minimum atomic E-state index is -0.0541. The number of amides is 1. The van der Waals surface area contributed by atoms with E-state index in [9.17, 15) is 4.79 Å². The maximum absolute atomic E-state index is 12.2. The Morgan fingerprint density at radius 1 is 1.10 bits per heavy atom. The molecule has 104 valence electrons. The van der Waals surface area contributed by atoms with Crippen molar-refractivity contribution in [2.24, 2.45) is 0 Å². The molecule has 0 aliphatic rings. The molecule has 1 amide bonds. The standard InChI is InChI=1S/C16H16BrNO2/c1-2-18(14-6-4-3-5-7-14)16(19)12-20-15-10-8-13(17)9-11-15/h3-11H,2,12H2,1H3. The minimum absolute atomic E-state index is 0.0321. The molecule has 0 unspecified atom stereocenters. The van der Waals surface area contributed by atoms with E-state index >= 15 is 0 Å². The lowest BCUT2D eigenvalue weighted by Gasteiger charge is -2.21. The van der Waals surface area contributed by atoms with Crippen LogP contribution in [0.1, 0.15) is 6.92 Å². The minimum Gasteiger partial charge on any atom is -0.484 e. The van der Waals surface area contributed by atoms with Crippen LogP contribution >= 0.6 is 15.9 Å². The monoisotopic (exact) mass is 333 g/mol. The van der Waals surface area contributed by atoms with E-state index in [1.807, 2.05) is 61.5 Å². The maximum atomic E-state index is 12.2. The lowest BCUT2D eigenvalue weighted by molar-refractivity contribution is -0.120. The topological polar surface area (TPSA) is 29.5 Å². The molecule has 0 aliphatic heterocycles. The van der Waals surface area contributed by atoms with Crippen molar-refractivity contribution in [1.29, 1.82) is 0 Å². The third-order valence-electron chi connectivity index (χ3n) is 2.86. The van der Waals surface area contributed by atoms with Crippen molar-refractivity contribution in [3.8, 4) is 5.75 Å². The van der Waals surface area contributed by atoms with Crippen LogP contribution < -0.4 is 9.64 Å². The van der Waals surface area contributed by atoms with Crippen molar-refractivity contribution in [3.63, 3.8) is 0 Å². The highest BCUT2D eigenvalue weighted by Crippen LogP contribution is 2.17. The number of ether oxygens (including phenoxy) is 1. The van der Waals surface area contributed by atoms with Gasteiger partial charge >= 0.3 is 0 Å². The van der Waals surface area contributed by atoms with E-state index in [1.165, 1.54) is 0 Å². The first-order chi connectivity index (χ1) is 9.70. The van der Waals surface area contributed by atoms with E-state index in [2.05, 4.69) is 15.9 Å². The second-order valence-electron chi connectivity index (χ2n) is 4.22. The number of hydrogen-bond acceptors (Lipinski definition) is 2. The number of halogens is 1. The SMILES string of the molecule is CCN(C(=O)COc1ccc(Br)cc1)c1ccccc1. The molecule has 0 heterocycles. The summed E-state index contributed by atoms with van der Waals surface area (Å²) >= 11 is 3.36. The van der Waals surface area contributed by atoms with Crippen LogP contribution in [0.2, 0.25) is 0 Å². The Bertz CT molecular complexity index is 554. The van der Waals surface area contributed by atoms with Crippen molar-refractivity contribution in [2.45, 2.75) is 6.92 Å². The summed E-state index contributed by atoms with van der Waals surface area (Å²) in [5, 5.41) is 0. The van der Waals surface area contributed by atoms with Gasteiger partial charge in [0, 0.05) is 16.7 Å². The fraction of sp³-hybridized carbons (Fsp3) is 0.188. The zero-order chi connectivity index (χ0) is 14.4. The Morgan fingerprint density at radius 2 is 1.75 bits per heavy atom. The highest BCUT2D eigenvalue weighted by atomic mass is 79.9. The average Bonchev–Trinajstić information content (AvgIpc) is 2.48. The van der Waals surface area contributed by atoms with Gasteiger partial charge in [0.1, 0.15) is 5.75 Å². The van der Waals surface area contributed by atoms with Crippen LogP contribution in [-0.4, -0.2) is 19.1 Å². The summed E-state index contributed by atoms with van der Waals surface area (Å²) < 4.78 is 6.50. The van der Waals surface area contributed by atoms with Gasteiger partial charge in [-0.1, -0.05) is 34.1 Å². The second kappa shape index (κ2) is 7.10. The number of nitrogens with zero attached hydrogens (tertiary/aromatic N) is 1. The van der Waals surface area contributed by atoms with Crippen LogP contribution in [0.25, 0.3) is 0 Å². The van der Waals surface area contributed by atoms with Crippen LogP contribution in [0.3, 0.4) is 0 Å². The summed E-state index contributed by atoms with van der Waals surface area (Å²) in [6.45, 7) is 2.60. The predicted molar refractivity (Wildman–Crippen MR) is 84.1 cm³/mol. The van der Waals surface area contributed by atoms with Gasteiger partial charge in [0.2, 0.25) is 0 Å². The van der Waals surface area contributed by atoms with Gasteiger partial charge in [0.05, 0.1) is 0 Å². The first-order valence-corrected chi connectivity index (χ1v) is 7.24. The zero-order valence-electron chi connectivity index (χ0n) is 11.3. The largest absolute Gasteiger partial charge is 0.484 e. The second-order valence-corrected chi connectivity index (χ2v) is 5.13. The number of para-hydroxylation sites is 1. The van der Waals surface area contributed by atoms with E-state index in [0.29, 0.717) is 12.3 Å². The Morgan fingerprint density at radius 3 is 2.35 bits per heavy atom. The number of anilines is 1. The Hall–Kier alpha value is -1.81. The van der Waals surface area contributed by atoms with Crippen molar-refractivity contribution in [1.82, 2.24) is 0 Å². The highest BCUT2D eigenvalue weighted by Gasteiger charge is 2.14. The van der Waals surface area contributed by atoms with Crippen molar-refractivity contribution in [2.75, 3.05) is 18.1 Å². The first kappa shape index (κ1) is 14.6. The van der Waals surface area contributed by atoms with Gasteiger partial charge in [-0.3, -0.25) is 4.79 Å².